The van der Waals surface area contributed by atoms with Crippen LogP contribution in [0.15, 0.2) is 0 Å². The van der Waals surface area contributed by atoms with Crippen molar-refractivity contribution in [2.45, 2.75) is 58.5 Å². The summed E-state index contributed by atoms with van der Waals surface area (Å²) in [6.07, 6.45) is 7.85. The highest BCUT2D eigenvalue weighted by atomic mass is 16.5. The van der Waals surface area contributed by atoms with Crippen LogP contribution >= 0.6 is 0 Å². The lowest BCUT2D eigenvalue weighted by Crippen LogP contribution is -2.42. The van der Waals surface area contributed by atoms with E-state index in [0.29, 0.717) is 12.0 Å². The summed E-state index contributed by atoms with van der Waals surface area (Å²) in [5.74, 6) is 3.32. The van der Waals surface area contributed by atoms with E-state index in [1.807, 2.05) is 18.7 Å². The number of nitrogens with one attached hydrogen (secondary N) is 1. The fourth-order valence-electron chi connectivity index (χ4n) is 4.45. The smallest absolute Gasteiger partial charge is 0.225 e. The number of hydrogen-bond acceptors (Lipinski definition) is 3. The van der Waals surface area contributed by atoms with E-state index in [9.17, 15) is 4.79 Å². The van der Waals surface area contributed by atoms with Crippen LogP contribution in [0.5, 0.6) is 0 Å². The number of nitrogens with zero attached hydrogens (tertiary/aromatic N) is 1. The Morgan fingerprint density at radius 1 is 1.17 bits per heavy atom. The Bertz CT molecular complexity index is 385. The Kier molecular flexibility index (Phi) is 5.97. The molecule has 0 radical (unpaired) electrons. The van der Waals surface area contributed by atoms with Crippen LogP contribution < -0.4 is 5.32 Å². The third kappa shape index (κ3) is 4.69. The maximum Gasteiger partial charge on any atom is 0.225 e. The predicted octanol–water partition coefficient (Wildman–Crippen LogP) is 2.68. The molecule has 0 aromatic rings. The van der Waals surface area contributed by atoms with E-state index >= 15 is 0 Å². The molecule has 0 bridgehead atoms. The van der Waals surface area contributed by atoms with Crippen molar-refractivity contribution in [3.8, 4) is 0 Å². The number of likely N-dealkylation sites (tertiary alicyclic amines) is 1. The number of carbonyl (C=O) groups is 1. The first-order valence-electron chi connectivity index (χ1n) is 9.76. The lowest BCUT2D eigenvalue weighted by atomic mass is 9.91. The third-order valence-electron chi connectivity index (χ3n) is 6.06. The second kappa shape index (κ2) is 7.98. The first-order chi connectivity index (χ1) is 11.1. The second-order valence-corrected chi connectivity index (χ2v) is 8.09. The molecule has 2 aliphatic heterocycles. The Hall–Kier alpha value is -0.610. The van der Waals surface area contributed by atoms with Gasteiger partial charge in [-0.25, -0.2) is 0 Å². The largest absolute Gasteiger partial charge is 0.378 e. The van der Waals surface area contributed by atoms with Gasteiger partial charge >= 0.3 is 0 Å². The fourth-order valence-corrected chi connectivity index (χ4v) is 4.45. The van der Waals surface area contributed by atoms with Gasteiger partial charge in [-0.05, 0) is 69.4 Å². The molecule has 1 aliphatic carbocycles. The monoisotopic (exact) mass is 322 g/mol. The minimum Gasteiger partial charge on any atom is -0.378 e. The van der Waals surface area contributed by atoms with Gasteiger partial charge in [0.05, 0.1) is 6.10 Å². The molecule has 0 aromatic carbocycles. The summed E-state index contributed by atoms with van der Waals surface area (Å²) in [4.78, 5) is 14.0. The molecule has 1 saturated carbocycles. The number of piperidine rings is 2. The van der Waals surface area contributed by atoms with Crippen LogP contribution in [0.3, 0.4) is 0 Å². The lowest BCUT2D eigenvalue weighted by molar-refractivity contribution is -0.137. The van der Waals surface area contributed by atoms with Crippen molar-refractivity contribution in [2.75, 3.05) is 32.8 Å². The first kappa shape index (κ1) is 17.2. The quantitative estimate of drug-likeness (QED) is 0.817. The van der Waals surface area contributed by atoms with E-state index in [2.05, 4.69) is 5.32 Å². The van der Waals surface area contributed by atoms with E-state index in [-0.39, 0.29) is 5.92 Å². The van der Waals surface area contributed by atoms with Gasteiger partial charge in [0.15, 0.2) is 0 Å². The number of rotatable bonds is 6. The number of hydrogen-bond donors (Lipinski definition) is 1. The molecule has 1 amide bonds. The molecule has 3 aliphatic rings. The minimum absolute atomic E-state index is 0.120. The molecular weight excluding hydrogens is 288 g/mol. The van der Waals surface area contributed by atoms with Gasteiger partial charge < -0.3 is 15.0 Å². The van der Waals surface area contributed by atoms with Crippen molar-refractivity contribution < 1.29 is 9.53 Å². The molecule has 23 heavy (non-hydrogen) atoms. The first-order valence-corrected chi connectivity index (χ1v) is 9.76. The van der Waals surface area contributed by atoms with Crippen LogP contribution in [0, 0.1) is 23.7 Å². The average Bonchev–Trinajstić information content (AvgIpc) is 3.35. The maximum absolute atomic E-state index is 12.0. The Morgan fingerprint density at radius 3 is 2.52 bits per heavy atom. The summed E-state index contributed by atoms with van der Waals surface area (Å²) < 4.78 is 6.11. The highest BCUT2D eigenvalue weighted by Crippen LogP contribution is 2.49. The van der Waals surface area contributed by atoms with E-state index in [1.54, 1.807) is 0 Å². The van der Waals surface area contributed by atoms with Crippen molar-refractivity contribution in [3.05, 3.63) is 0 Å². The summed E-state index contributed by atoms with van der Waals surface area (Å²) in [6.45, 7) is 9.09. The molecule has 2 heterocycles. The molecule has 1 N–H and O–H groups in total. The van der Waals surface area contributed by atoms with E-state index < -0.39 is 0 Å². The lowest BCUT2D eigenvalue weighted by Gasteiger charge is -2.33. The van der Waals surface area contributed by atoms with Crippen LogP contribution in [0.4, 0.5) is 0 Å². The van der Waals surface area contributed by atoms with Crippen molar-refractivity contribution in [3.63, 3.8) is 0 Å². The molecule has 0 spiro atoms. The van der Waals surface area contributed by atoms with Crippen LogP contribution in [-0.2, 0) is 9.53 Å². The zero-order chi connectivity index (χ0) is 16.2. The Labute approximate surface area is 141 Å². The van der Waals surface area contributed by atoms with Gasteiger partial charge in [-0.2, -0.15) is 0 Å². The van der Waals surface area contributed by atoms with Gasteiger partial charge in [-0.3, -0.25) is 4.79 Å². The van der Waals surface area contributed by atoms with Crippen molar-refractivity contribution in [1.29, 1.82) is 0 Å². The molecule has 4 heteroatoms. The van der Waals surface area contributed by atoms with Gasteiger partial charge in [0.25, 0.3) is 0 Å². The maximum atomic E-state index is 12.0. The Morgan fingerprint density at radius 2 is 1.87 bits per heavy atom. The molecule has 3 rings (SSSR count). The number of ether oxygens (including phenoxy) is 1. The molecule has 2 saturated heterocycles. The molecule has 2 unspecified atom stereocenters. The molecule has 4 nitrogen and oxygen atoms in total. The summed E-state index contributed by atoms with van der Waals surface area (Å²) in [5, 5.41) is 3.46. The third-order valence-corrected chi connectivity index (χ3v) is 6.06. The van der Waals surface area contributed by atoms with Crippen molar-refractivity contribution >= 4 is 5.91 Å². The number of amides is 1. The topological polar surface area (TPSA) is 41.6 Å². The second-order valence-electron chi connectivity index (χ2n) is 8.09. The van der Waals surface area contributed by atoms with E-state index in [1.165, 1.54) is 38.8 Å². The van der Waals surface area contributed by atoms with Crippen LogP contribution in [0.2, 0.25) is 0 Å². The standard InChI is InChI=1S/C19H34N2O2/c1-14(2)19(22)21-10-5-17(6-11-21)23-12-7-16-13-18(16)15-3-8-20-9-4-15/h14-18,20H,3-13H2,1-2H3. The van der Waals surface area contributed by atoms with Gasteiger partial charge in [0.2, 0.25) is 5.91 Å². The van der Waals surface area contributed by atoms with Crippen LogP contribution in [-0.4, -0.2) is 49.7 Å². The van der Waals surface area contributed by atoms with E-state index in [0.717, 1.165) is 50.3 Å². The summed E-state index contributed by atoms with van der Waals surface area (Å²) in [7, 11) is 0. The SMILES string of the molecule is CC(C)C(=O)N1CCC(OCCC2CC2C2CCNCC2)CC1. The molecule has 3 fully saturated rings. The molecule has 0 aromatic heterocycles. The summed E-state index contributed by atoms with van der Waals surface area (Å²) in [5.41, 5.74) is 0. The van der Waals surface area contributed by atoms with Crippen molar-refractivity contribution in [1.82, 2.24) is 10.2 Å². The van der Waals surface area contributed by atoms with Gasteiger partial charge in [0, 0.05) is 25.6 Å². The Balaban J connectivity index is 1.27. The normalized spacial score (nSPS) is 30.0. The molecule has 2 atom stereocenters. The number of carbonyl (C=O) groups excluding carboxylic acids is 1. The minimum atomic E-state index is 0.120. The highest BCUT2D eigenvalue weighted by molar-refractivity contribution is 5.78. The zero-order valence-corrected chi connectivity index (χ0v) is 14.9. The van der Waals surface area contributed by atoms with Crippen LogP contribution in [0.25, 0.3) is 0 Å². The zero-order valence-electron chi connectivity index (χ0n) is 14.9. The highest BCUT2D eigenvalue weighted by Gasteiger charge is 2.42. The summed E-state index contributed by atoms with van der Waals surface area (Å²) >= 11 is 0. The average molecular weight is 322 g/mol. The molecular formula is C19H34N2O2. The fraction of sp³-hybridized carbons (Fsp3) is 0.947. The van der Waals surface area contributed by atoms with Gasteiger partial charge in [-0.15, -0.1) is 0 Å². The summed E-state index contributed by atoms with van der Waals surface area (Å²) in [6, 6.07) is 0. The van der Waals surface area contributed by atoms with E-state index in [4.69, 9.17) is 4.74 Å². The van der Waals surface area contributed by atoms with Crippen LogP contribution in [0.1, 0.15) is 52.4 Å². The van der Waals surface area contributed by atoms with Gasteiger partial charge in [-0.1, -0.05) is 13.8 Å². The van der Waals surface area contributed by atoms with Crippen molar-refractivity contribution in [2.24, 2.45) is 23.7 Å². The predicted molar refractivity (Wildman–Crippen MR) is 92.2 cm³/mol. The van der Waals surface area contributed by atoms with Gasteiger partial charge in [0.1, 0.15) is 0 Å². The molecule has 132 valence electrons.